The molecule has 1 N–H and O–H groups in total. The first kappa shape index (κ1) is 14.9. The van der Waals surface area contributed by atoms with Gasteiger partial charge in [0, 0.05) is 24.7 Å². The van der Waals surface area contributed by atoms with E-state index < -0.39 is 0 Å². The maximum atomic E-state index is 5.89. The van der Waals surface area contributed by atoms with Gasteiger partial charge in [-0.05, 0) is 33.1 Å². The Bertz CT molecular complexity index is 435. The van der Waals surface area contributed by atoms with E-state index in [4.69, 9.17) is 14.2 Å². The van der Waals surface area contributed by atoms with E-state index in [-0.39, 0.29) is 6.79 Å². The minimum Gasteiger partial charge on any atom is -0.492 e. The molecule has 0 fully saturated rings. The third-order valence-corrected chi connectivity index (χ3v) is 3.09. The summed E-state index contributed by atoms with van der Waals surface area (Å²) in [7, 11) is 4.07. The van der Waals surface area contributed by atoms with Gasteiger partial charge in [0.15, 0.2) is 11.5 Å². The van der Waals surface area contributed by atoms with Crippen LogP contribution in [0.3, 0.4) is 0 Å². The molecule has 1 aromatic carbocycles. The van der Waals surface area contributed by atoms with Crippen LogP contribution in [0.1, 0.15) is 18.9 Å². The summed E-state index contributed by atoms with van der Waals surface area (Å²) in [5.74, 6) is 2.45. The summed E-state index contributed by atoms with van der Waals surface area (Å²) >= 11 is 0. The molecule has 0 atom stereocenters. The van der Waals surface area contributed by atoms with Crippen molar-refractivity contribution in [1.82, 2.24) is 10.2 Å². The van der Waals surface area contributed by atoms with Crippen molar-refractivity contribution in [3.8, 4) is 17.2 Å². The van der Waals surface area contributed by atoms with Gasteiger partial charge in [0.05, 0.1) is 0 Å². The fourth-order valence-corrected chi connectivity index (χ4v) is 1.98. The number of ether oxygens (including phenoxy) is 3. The molecule has 0 saturated carbocycles. The van der Waals surface area contributed by atoms with E-state index >= 15 is 0 Å². The van der Waals surface area contributed by atoms with Gasteiger partial charge in [-0.3, -0.25) is 0 Å². The van der Waals surface area contributed by atoms with Gasteiger partial charge in [-0.25, -0.2) is 0 Å². The van der Waals surface area contributed by atoms with Crippen LogP contribution in [-0.2, 0) is 6.54 Å². The van der Waals surface area contributed by atoms with E-state index in [1.54, 1.807) is 0 Å². The number of nitrogens with zero attached hydrogens (tertiary/aromatic N) is 1. The number of hydrogen-bond donors (Lipinski definition) is 1. The van der Waals surface area contributed by atoms with E-state index in [9.17, 15) is 0 Å². The van der Waals surface area contributed by atoms with Gasteiger partial charge in [0.2, 0.25) is 6.79 Å². The number of nitrogens with one attached hydrogen (secondary N) is 1. The van der Waals surface area contributed by atoms with Crippen LogP contribution in [-0.4, -0.2) is 45.5 Å². The zero-order valence-corrected chi connectivity index (χ0v) is 12.6. The van der Waals surface area contributed by atoms with Crippen molar-refractivity contribution in [2.45, 2.75) is 19.9 Å². The second-order valence-electron chi connectivity index (χ2n) is 5.14. The quantitative estimate of drug-likeness (QED) is 0.736. The minimum absolute atomic E-state index is 0.290. The van der Waals surface area contributed by atoms with Gasteiger partial charge >= 0.3 is 0 Å². The van der Waals surface area contributed by atoms with E-state index in [0.717, 1.165) is 48.9 Å². The van der Waals surface area contributed by atoms with Crippen LogP contribution in [0.4, 0.5) is 0 Å². The van der Waals surface area contributed by atoms with Crippen LogP contribution >= 0.6 is 0 Å². The van der Waals surface area contributed by atoms with Crippen LogP contribution in [0.25, 0.3) is 0 Å². The summed E-state index contributed by atoms with van der Waals surface area (Å²) < 4.78 is 16.7. The highest BCUT2D eigenvalue weighted by Crippen LogP contribution is 2.38. The van der Waals surface area contributed by atoms with Crippen LogP contribution in [0, 0.1) is 0 Å². The molecule has 0 bridgehead atoms. The number of fused-ring (bicyclic) bond motifs is 1. The molecule has 0 radical (unpaired) electrons. The maximum Gasteiger partial charge on any atom is 0.231 e. The molecule has 5 heteroatoms. The summed E-state index contributed by atoms with van der Waals surface area (Å²) in [6.45, 7) is 5.76. The highest BCUT2D eigenvalue weighted by molar-refractivity contribution is 5.51. The van der Waals surface area contributed by atoms with Gasteiger partial charge in [-0.1, -0.05) is 6.92 Å². The molecular formula is C15H24N2O3. The molecule has 0 aliphatic carbocycles. The van der Waals surface area contributed by atoms with Crippen molar-refractivity contribution in [1.29, 1.82) is 0 Å². The summed E-state index contributed by atoms with van der Waals surface area (Å²) in [5.41, 5.74) is 1.11. The zero-order chi connectivity index (χ0) is 14.4. The molecule has 0 aromatic heterocycles. The Morgan fingerprint density at radius 3 is 2.70 bits per heavy atom. The van der Waals surface area contributed by atoms with Crippen LogP contribution in [0.2, 0.25) is 0 Å². The Morgan fingerprint density at radius 2 is 2.00 bits per heavy atom. The van der Waals surface area contributed by atoms with Gasteiger partial charge in [-0.15, -0.1) is 0 Å². The van der Waals surface area contributed by atoms with Crippen LogP contribution < -0.4 is 19.5 Å². The van der Waals surface area contributed by atoms with Gasteiger partial charge in [-0.2, -0.15) is 0 Å². The SMILES string of the molecule is CCCNCc1cc2c(cc1OCCN(C)C)OCO2. The number of rotatable bonds is 8. The normalized spacial score (nSPS) is 13.0. The summed E-state index contributed by atoms with van der Waals surface area (Å²) in [6, 6.07) is 3.94. The minimum atomic E-state index is 0.290. The maximum absolute atomic E-state index is 5.89. The van der Waals surface area contributed by atoms with Crippen molar-refractivity contribution >= 4 is 0 Å². The Labute approximate surface area is 120 Å². The molecule has 1 heterocycles. The fourth-order valence-electron chi connectivity index (χ4n) is 1.98. The van der Waals surface area contributed by atoms with Crippen molar-refractivity contribution in [2.24, 2.45) is 0 Å². The van der Waals surface area contributed by atoms with Gasteiger partial charge in [0.25, 0.3) is 0 Å². The molecule has 1 aromatic rings. The number of hydrogen-bond acceptors (Lipinski definition) is 5. The lowest BCUT2D eigenvalue weighted by Crippen LogP contribution is -2.20. The molecule has 2 rings (SSSR count). The molecule has 0 saturated heterocycles. The Kier molecular flexibility index (Phi) is 5.49. The fraction of sp³-hybridized carbons (Fsp3) is 0.600. The molecule has 0 amide bonds. The van der Waals surface area contributed by atoms with Crippen LogP contribution in [0.5, 0.6) is 17.2 Å². The lowest BCUT2D eigenvalue weighted by Gasteiger charge is -2.15. The lowest BCUT2D eigenvalue weighted by molar-refractivity contribution is 0.173. The number of likely N-dealkylation sites (N-methyl/N-ethyl adjacent to an activating group) is 1. The molecule has 112 valence electrons. The molecular weight excluding hydrogens is 256 g/mol. The molecule has 0 unspecified atom stereocenters. The first-order chi connectivity index (χ1) is 9.70. The lowest BCUT2D eigenvalue weighted by atomic mass is 10.1. The topological polar surface area (TPSA) is 43.0 Å². The average molecular weight is 280 g/mol. The second kappa shape index (κ2) is 7.36. The smallest absolute Gasteiger partial charge is 0.231 e. The molecule has 0 spiro atoms. The Hall–Kier alpha value is -1.46. The molecule has 20 heavy (non-hydrogen) atoms. The van der Waals surface area contributed by atoms with Crippen molar-refractivity contribution in [3.63, 3.8) is 0 Å². The second-order valence-corrected chi connectivity index (χ2v) is 5.14. The molecule has 1 aliphatic heterocycles. The average Bonchev–Trinajstić information content (AvgIpc) is 2.85. The standard InChI is InChI=1S/C15H24N2O3/c1-4-5-16-10-12-8-14-15(20-11-19-14)9-13(12)18-7-6-17(2)3/h8-9,16H,4-7,10-11H2,1-3H3. The van der Waals surface area contributed by atoms with E-state index in [0.29, 0.717) is 6.61 Å². The first-order valence-electron chi connectivity index (χ1n) is 7.11. The van der Waals surface area contributed by atoms with Crippen molar-refractivity contribution < 1.29 is 14.2 Å². The third kappa shape index (κ3) is 4.02. The van der Waals surface area contributed by atoms with Gasteiger partial charge in [0.1, 0.15) is 12.4 Å². The largest absolute Gasteiger partial charge is 0.492 e. The predicted octanol–water partition coefficient (Wildman–Crippen LogP) is 1.86. The summed E-state index contributed by atoms with van der Waals surface area (Å²) in [6.07, 6.45) is 1.11. The van der Waals surface area contributed by atoms with Crippen molar-refractivity contribution in [3.05, 3.63) is 17.7 Å². The molecule has 1 aliphatic rings. The summed E-state index contributed by atoms with van der Waals surface area (Å²) in [4.78, 5) is 2.10. The van der Waals surface area contributed by atoms with Crippen LogP contribution in [0.15, 0.2) is 12.1 Å². The van der Waals surface area contributed by atoms with E-state index in [1.807, 2.05) is 26.2 Å². The van der Waals surface area contributed by atoms with Crippen molar-refractivity contribution in [2.75, 3.05) is 40.6 Å². The van der Waals surface area contributed by atoms with E-state index in [2.05, 4.69) is 17.1 Å². The zero-order valence-electron chi connectivity index (χ0n) is 12.6. The Morgan fingerprint density at radius 1 is 1.25 bits per heavy atom. The highest BCUT2D eigenvalue weighted by atomic mass is 16.7. The highest BCUT2D eigenvalue weighted by Gasteiger charge is 2.17. The number of benzene rings is 1. The first-order valence-corrected chi connectivity index (χ1v) is 7.11. The Balaban J connectivity index is 2.05. The summed E-state index contributed by atoms with van der Waals surface area (Å²) in [5, 5.41) is 3.40. The van der Waals surface area contributed by atoms with Gasteiger partial charge < -0.3 is 24.4 Å². The molecule has 5 nitrogen and oxygen atoms in total. The van der Waals surface area contributed by atoms with E-state index in [1.165, 1.54) is 0 Å². The predicted molar refractivity (Wildman–Crippen MR) is 78.6 cm³/mol. The third-order valence-electron chi connectivity index (χ3n) is 3.09. The monoisotopic (exact) mass is 280 g/mol.